The normalized spacial score (nSPS) is 14.9. The number of amides is 1. The lowest BCUT2D eigenvalue weighted by atomic mass is 10.2. The van der Waals surface area contributed by atoms with E-state index in [0.717, 1.165) is 31.4 Å². The second kappa shape index (κ2) is 8.06. The number of ether oxygens (including phenoxy) is 1. The van der Waals surface area contributed by atoms with Crippen LogP contribution in [0.1, 0.15) is 41.7 Å². The quantitative estimate of drug-likeness (QED) is 0.792. The summed E-state index contributed by atoms with van der Waals surface area (Å²) in [6.07, 6.45) is 3.66. The van der Waals surface area contributed by atoms with E-state index < -0.39 is 15.9 Å². The number of carbonyl (C=O) groups excluding carboxylic acids is 1. The molecule has 0 bridgehead atoms. The number of sulfonamides is 1. The molecule has 0 aliphatic heterocycles. The van der Waals surface area contributed by atoms with E-state index in [1.807, 2.05) is 13.0 Å². The Hall–Kier alpha value is -2.45. The molecule has 0 radical (unpaired) electrons. The Morgan fingerprint density at radius 1 is 1.19 bits per heavy atom. The summed E-state index contributed by atoms with van der Waals surface area (Å²) in [5.41, 5.74) is 0.984. The number of aromatic nitrogens is 1. The summed E-state index contributed by atoms with van der Waals surface area (Å²) in [7, 11) is -2.39. The molecule has 0 unspecified atom stereocenters. The van der Waals surface area contributed by atoms with Gasteiger partial charge in [0, 0.05) is 17.3 Å². The number of nitrogens with zero attached hydrogens (tertiary/aromatic N) is 1. The number of aryl methyl sites for hydroxylation is 1. The number of methoxy groups -OCH3 is 1. The van der Waals surface area contributed by atoms with Gasteiger partial charge in [-0.2, -0.15) is 0 Å². The van der Waals surface area contributed by atoms with Gasteiger partial charge in [0.2, 0.25) is 10.0 Å². The smallest absolute Gasteiger partial charge is 0.256 e. The number of benzene rings is 1. The number of pyridine rings is 1. The molecule has 0 spiro atoms. The topological polar surface area (TPSA) is 97.4 Å². The van der Waals surface area contributed by atoms with Crippen molar-refractivity contribution >= 4 is 21.7 Å². The largest absolute Gasteiger partial charge is 0.495 e. The van der Waals surface area contributed by atoms with Crippen molar-refractivity contribution in [3.05, 3.63) is 47.7 Å². The van der Waals surface area contributed by atoms with Gasteiger partial charge in [0.15, 0.2) is 0 Å². The molecule has 2 aromatic rings. The van der Waals surface area contributed by atoms with E-state index in [0.29, 0.717) is 5.82 Å². The van der Waals surface area contributed by atoms with Crippen LogP contribution in [0.2, 0.25) is 0 Å². The van der Waals surface area contributed by atoms with Crippen molar-refractivity contribution in [3.63, 3.8) is 0 Å². The monoisotopic (exact) mass is 389 g/mol. The predicted molar refractivity (Wildman–Crippen MR) is 102 cm³/mol. The summed E-state index contributed by atoms with van der Waals surface area (Å²) in [6, 6.07) is 9.55. The molecule has 1 aliphatic carbocycles. The lowest BCUT2D eigenvalue weighted by Crippen LogP contribution is -2.33. The molecule has 1 saturated carbocycles. The molecular weight excluding hydrogens is 366 g/mol. The number of anilines is 1. The second-order valence-electron chi connectivity index (χ2n) is 6.59. The second-order valence-corrected chi connectivity index (χ2v) is 8.27. The number of hydrogen-bond donors (Lipinski definition) is 2. The molecule has 1 aliphatic rings. The van der Waals surface area contributed by atoms with E-state index in [-0.39, 0.29) is 22.3 Å². The number of hydrogen-bond acceptors (Lipinski definition) is 5. The lowest BCUT2D eigenvalue weighted by Gasteiger charge is -2.15. The molecule has 8 heteroatoms. The van der Waals surface area contributed by atoms with E-state index in [9.17, 15) is 13.2 Å². The van der Waals surface area contributed by atoms with E-state index >= 15 is 0 Å². The summed E-state index contributed by atoms with van der Waals surface area (Å²) >= 11 is 0. The van der Waals surface area contributed by atoms with Crippen molar-refractivity contribution in [1.29, 1.82) is 0 Å². The molecule has 144 valence electrons. The maximum atomic E-state index is 12.8. The lowest BCUT2D eigenvalue weighted by molar-refractivity contribution is 0.102. The van der Waals surface area contributed by atoms with Crippen molar-refractivity contribution < 1.29 is 17.9 Å². The van der Waals surface area contributed by atoms with Crippen molar-refractivity contribution in [1.82, 2.24) is 9.71 Å². The first-order chi connectivity index (χ1) is 12.9. The zero-order valence-electron chi connectivity index (χ0n) is 15.4. The van der Waals surface area contributed by atoms with Gasteiger partial charge in [-0.15, -0.1) is 0 Å². The number of carbonyl (C=O) groups is 1. The Morgan fingerprint density at radius 2 is 1.93 bits per heavy atom. The van der Waals surface area contributed by atoms with Crippen LogP contribution in [-0.4, -0.2) is 32.5 Å². The maximum absolute atomic E-state index is 12.8. The summed E-state index contributed by atoms with van der Waals surface area (Å²) in [4.78, 5) is 16.7. The third kappa shape index (κ3) is 4.64. The van der Waals surface area contributed by atoms with Crippen LogP contribution in [0, 0.1) is 6.92 Å². The molecule has 1 heterocycles. The average Bonchev–Trinajstić information content (AvgIpc) is 3.13. The van der Waals surface area contributed by atoms with Crippen LogP contribution >= 0.6 is 0 Å². The van der Waals surface area contributed by atoms with Gasteiger partial charge in [0.05, 0.1) is 7.11 Å². The summed E-state index contributed by atoms with van der Waals surface area (Å²) in [6.45, 7) is 1.82. The van der Waals surface area contributed by atoms with Gasteiger partial charge in [-0.1, -0.05) is 18.9 Å². The van der Waals surface area contributed by atoms with E-state index in [1.165, 1.54) is 25.3 Å². The predicted octanol–water partition coefficient (Wildman–Crippen LogP) is 2.87. The van der Waals surface area contributed by atoms with Crippen LogP contribution in [0.15, 0.2) is 41.3 Å². The molecule has 27 heavy (non-hydrogen) atoms. The molecule has 7 nitrogen and oxygen atoms in total. The summed E-state index contributed by atoms with van der Waals surface area (Å²) in [5.74, 6) is 0.170. The Balaban J connectivity index is 1.87. The van der Waals surface area contributed by atoms with Crippen LogP contribution in [0.4, 0.5) is 5.82 Å². The zero-order valence-corrected chi connectivity index (χ0v) is 16.2. The highest BCUT2D eigenvalue weighted by Crippen LogP contribution is 2.27. The average molecular weight is 389 g/mol. The van der Waals surface area contributed by atoms with Gasteiger partial charge in [-0.05, 0) is 50.1 Å². The molecule has 1 fully saturated rings. The van der Waals surface area contributed by atoms with Crippen LogP contribution in [0.3, 0.4) is 0 Å². The molecule has 0 atom stereocenters. The highest BCUT2D eigenvalue weighted by Gasteiger charge is 2.26. The van der Waals surface area contributed by atoms with Crippen molar-refractivity contribution in [2.45, 2.75) is 43.5 Å². The zero-order chi connectivity index (χ0) is 19.4. The Kier molecular flexibility index (Phi) is 5.76. The van der Waals surface area contributed by atoms with Gasteiger partial charge in [0.25, 0.3) is 5.91 Å². The van der Waals surface area contributed by atoms with Crippen molar-refractivity contribution in [2.24, 2.45) is 0 Å². The Morgan fingerprint density at radius 3 is 2.59 bits per heavy atom. The van der Waals surface area contributed by atoms with Gasteiger partial charge in [-0.25, -0.2) is 18.1 Å². The third-order valence-corrected chi connectivity index (χ3v) is 6.06. The standard InChI is InChI=1S/C19H23N3O4S/c1-13-6-5-9-18(20-13)21-19(23)14-10-11-16(26-2)17(12-14)27(24,25)22-15-7-3-4-8-15/h5-6,9-12,15,22H,3-4,7-8H2,1-2H3,(H,20,21,23). The maximum Gasteiger partial charge on any atom is 0.256 e. The van der Waals surface area contributed by atoms with Crippen LogP contribution in [0.25, 0.3) is 0 Å². The fraction of sp³-hybridized carbons (Fsp3) is 0.368. The number of rotatable bonds is 6. The Bertz CT molecular complexity index is 938. The molecule has 2 N–H and O–H groups in total. The van der Waals surface area contributed by atoms with Crippen molar-refractivity contribution in [2.75, 3.05) is 12.4 Å². The first-order valence-corrected chi connectivity index (χ1v) is 10.3. The van der Waals surface area contributed by atoms with Crippen LogP contribution in [-0.2, 0) is 10.0 Å². The fourth-order valence-electron chi connectivity index (χ4n) is 3.16. The van der Waals surface area contributed by atoms with E-state index in [2.05, 4.69) is 15.0 Å². The van der Waals surface area contributed by atoms with Gasteiger partial charge in [-0.3, -0.25) is 4.79 Å². The minimum Gasteiger partial charge on any atom is -0.495 e. The Labute approximate surface area is 159 Å². The highest BCUT2D eigenvalue weighted by atomic mass is 32.2. The van der Waals surface area contributed by atoms with Crippen LogP contribution in [0.5, 0.6) is 5.75 Å². The SMILES string of the molecule is COc1ccc(C(=O)Nc2cccc(C)n2)cc1S(=O)(=O)NC1CCCC1. The highest BCUT2D eigenvalue weighted by molar-refractivity contribution is 7.89. The van der Waals surface area contributed by atoms with Gasteiger partial charge >= 0.3 is 0 Å². The first kappa shape index (κ1) is 19.3. The summed E-state index contributed by atoms with van der Waals surface area (Å²) < 4.78 is 33.5. The molecule has 1 aromatic carbocycles. The molecule has 0 saturated heterocycles. The third-order valence-electron chi connectivity index (χ3n) is 4.52. The van der Waals surface area contributed by atoms with Gasteiger partial charge < -0.3 is 10.1 Å². The van der Waals surface area contributed by atoms with Gasteiger partial charge in [0.1, 0.15) is 16.5 Å². The molecule has 1 amide bonds. The molecule has 3 rings (SSSR count). The molecule has 1 aromatic heterocycles. The van der Waals surface area contributed by atoms with E-state index in [4.69, 9.17) is 4.74 Å². The minimum atomic E-state index is -3.79. The minimum absolute atomic E-state index is 0.0400. The number of nitrogens with one attached hydrogen (secondary N) is 2. The fourth-order valence-corrected chi connectivity index (χ4v) is 4.66. The van der Waals surface area contributed by atoms with Crippen LogP contribution < -0.4 is 14.8 Å². The van der Waals surface area contributed by atoms with Crippen molar-refractivity contribution in [3.8, 4) is 5.75 Å². The first-order valence-electron chi connectivity index (χ1n) is 8.84. The summed E-state index contributed by atoms with van der Waals surface area (Å²) in [5, 5.41) is 2.68. The van der Waals surface area contributed by atoms with E-state index in [1.54, 1.807) is 12.1 Å². The molecular formula is C19H23N3O4S.